The van der Waals surface area contributed by atoms with Gasteiger partial charge in [-0.1, -0.05) is 43.6 Å². The van der Waals surface area contributed by atoms with Crippen LogP contribution >= 0.6 is 11.6 Å². The topological polar surface area (TPSA) is 83.1 Å². The Bertz CT molecular complexity index is 1280. The minimum Gasteiger partial charge on any atom is -0.490 e. The largest absolute Gasteiger partial charge is 0.490 e. The second kappa shape index (κ2) is 9.54. The predicted octanol–water partition coefficient (Wildman–Crippen LogP) is 5.29. The van der Waals surface area contributed by atoms with Crippen LogP contribution in [0.5, 0.6) is 17.2 Å². The van der Waals surface area contributed by atoms with E-state index in [4.69, 9.17) is 30.5 Å². The molecular weight excluding hydrogens is 482 g/mol. The summed E-state index contributed by atoms with van der Waals surface area (Å²) < 4.78 is 22.3. The van der Waals surface area contributed by atoms with Crippen molar-refractivity contribution in [2.24, 2.45) is 5.41 Å². The number of dihydropyridines is 1. The van der Waals surface area contributed by atoms with Gasteiger partial charge in [0.1, 0.15) is 19.0 Å². The molecule has 0 aromatic heterocycles. The summed E-state index contributed by atoms with van der Waals surface area (Å²) in [6, 6.07) is 12.7. The molecule has 2 aliphatic heterocycles. The molecule has 188 valence electrons. The van der Waals surface area contributed by atoms with Crippen LogP contribution < -0.4 is 19.5 Å². The molecule has 2 aromatic carbocycles. The van der Waals surface area contributed by atoms with Crippen molar-refractivity contribution in [3.8, 4) is 17.2 Å². The van der Waals surface area contributed by atoms with Crippen LogP contribution in [0.3, 0.4) is 0 Å². The van der Waals surface area contributed by atoms with E-state index in [2.05, 4.69) is 19.2 Å². The first kappa shape index (κ1) is 24.3. The minimum atomic E-state index is -0.686. The molecule has 5 rings (SSSR count). The zero-order valence-corrected chi connectivity index (χ0v) is 21.2. The monoisotopic (exact) mass is 509 g/mol. The minimum absolute atomic E-state index is 0.0160. The van der Waals surface area contributed by atoms with Crippen LogP contribution in [0.25, 0.3) is 0 Å². The zero-order chi connectivity index (χ0) is 25.4. The van der Waals surface area contributed by atoms with E-state index in [1.165, 1.54) is 0 Å². The van der Waals surface area contributed by atoms with Gasteiger partial charge in [0.2, 0.25) is 6.79 Å². The molecule has 8 heteroatoms. The molecule has 2 aromatic rings. The van der Waals surface area contributed by atoms with Crippen LogP contribution in [0.15, 0.2) is 65.0 Å². The Morgan fingerprint density at radius 2 is 1.83 bits per heavy atom. The molecular formula is C28H28ClNO6. The number of ether oxygens (including phenoxy) is 4. The molecule has 0 spiro atoms. The molecule has 1 aliphatic carbocycles. The van der Waals surface area contributed by atoms with Crippen LogP contribution in [0.1, 0.15) is 45.1 Å². The van der Waals surface area contributed by atoms with Crippen molar-refractivity contribution in [1.29, 1.82) is 0 Å². The SMILES string of the molecule is CC1=C(C(=O)OCCOc2ccccc2)[C@@H](c2cc3c(cc2Cl)OCO3)C2=C(CC(C)(C)CC2=O)N1. The summed E-state index contributed by atoms with van der Waals surface area (Å²) in [5.41, 5.74) is 2.76. The summed E-state index contributed by atoms with van der Waals surface area (Å²) in [7, 11) is 0. The summed E-state index contributed by atoms with van der Waals surface area (Å²) in [6.07, 6.45) is 1.05. The van der Waals surface area contributed by atoms with Crippen molar-refractivity contribution < 1.29 is 28.5 Å². The first-order valence-corrected chi connectivity index (χ1v) is 12.3. The van der Waals surface area contributed by atoms with Crippen LogP contribution in [-0.4, -0.2) is 31.8 Å². The number of ketones is 1. The van der Waals surface area contributed by atoms with Gasteiger partial charge in [-0.05, 0) is 42.5 Å². The first-order chi connectivity index (χ1) is 17.2. The number of halogens is 1. The summed E-state index contributed by atoms with van der Waals surface area (Å²) in [5.74, 6) is 0.524. The fourth-order valence-corrected chi connectivity index (χ4v) is 5.32. The summed E-state index contributed by atoms with van der Waals surface area (Å²) >= 11 is 6.70. The van der Waals surface area contributed by atoms with Gasteiger partial charge in [-0.15, -0.1) is 0 Å². The molecule has 7 nitrogen and oxygen atoms in total. The maximum absolute atomic E-state index is 13.5. The highest BCUT2D eigenvalue weighted by Gasteiger charge is 2.44. The number of benzene rings is 2. The smallest absolute Gasteiger partial charge is 0.336 e. The van der Waals surface area contributed by atoms with E-state index in [1.54, 1.807) is 12.1 Å². The van der Waals surface area contributed by atoms with Gasteiger partial charge in [-0.3, -0.25) is 4.79 Å². The van der Waals surface area contributed by atoms with Crippen molar-refractivity contribution in [2.75, 3.05) is 20.0 Å². The molecule has 0 saturated carbocycles. The maximum Gasteiger partial charge on any atom is 0.336 e. The van der Waals surface area contributed by atoms with Crippen LogP contribution in [0.2, 0.25) is 5.02 Å². The number of Topliss-reactive ketones (excluding diaryl/α,β-unsaturated/α-hetero) is 1. The molecule has 0 amide bonds. The number of carbonyl (C=O) groups excluding carboxylic acids is 2. The second-order valence-electron chi connectivity index (χ2n) is 9.95. The predicted molar refractivity (Wildman–Crippen MR) is 134 cm³/mol. The van der Waals surface area contributed by atoms with Gasteiger partial charge in [0.15, 0.2) is 17.3 Å². The molecule has 0 unspecified atom stereocenters. The van der Waals surface area contributed by atoms with Crippen molar-refractivity contribution in [1.82, 2.24) is 5.32 Å². The van der Waals surface area contributed by atoms with Gasteiger partial charge in [0.05, 0.1) is 5.57 Å². The summed E-state index contributed by atoms with van der Waals surface area (Å²) in [4.78, 5) is 26.9. The fourth-order valence-electron chi connectivity index (χ4n) is 5.06. The van der Waals surface area contributed by atoms with Gasteiger partial charge < -0.3 is 24.3 Å². The zero-order valence-electron chi connectivity index (χ0n) is 20.5. The Morgan fingerprint density at radius 1 is 1.11 bits per heavy atom. The Morgan fingerprint density at radius 3 is 2.58 bits per heavy atom. The lowest BCUT2D eigenvalue weighted by Gasteiger charge is -2.39. The maximum atomic E-state index is 13.5. The van der Waals surface area contributed by atoms with E-state index < -0.39 is 11.9 Å². The number of hydrogen-bond acceptors (Lipinski definition) is 7. The van der Waals surface area contributed by atoms with Gasteiger partial charge in [0, 0.05) is 40.4 Å². The second-order valence-corrected chi connectivity index (χ2v) is 10.4. The van der Waals surface area contributed by atoms with E-state index in [-0.39, 0.29) is 31.2 Å². The van der Waals surface area contributed by atoms with E-state index in [0.717, 1.165) is 5.70 Å². The molecule has 1 atom stereocenters. The molecule has 0 saturated heterocycles. The summed E-state index contributed by atoms with van der Waals surface area (Å²) in [5, 5.41) is 3.72. The van der Waals surface area contributed by atoms with Crippen molar-refractivity contribution in [2.45, 2.75) is 39.5 Å². The summed E-state index contributed by atoms with van der Waals surface area (Å²) in [6.45, 7) is 6.29. The highest BCUT2D eigenvalue weighted by Crippen LogP contribution is 2.50. The lowest BCUT2D eigenvalue weighted by atomic mass is 9.68. The highest BCUT2D eigenvalue weighted by molar-refractivity contribution is 6.32. The van der Waals surface area contributed by atoms with Gasteiger partial charge >= 0.3 is 5.97 Å². The van der Waals surface area contributed by atoms with Crippen LogP contribution in [0, 0.1) is 5.41 Å². The Kier molecular flexibility index (Phi) is 6.43. The molecule has 2 heterocycles. The number of para-hydroxylation sites is 1. The first-order valence-electron chi connectivity index (χ1n) is 11.9. The number of esters is 1. The molecule has 1 N–H and O–H groups in total. The molecule has 0 radical (unpaired) electrons. The molecule has 0 fully saturated rings. The third-order valence-electron chi connectivity index (χ3n) is 6.59. The molecule has 36 heavy (non-hydrogen) atoms. The number of hydrogen-bond donors (Lipinski definition) is 1. The fraction of sp³-hybridized carbons (Fsp3) is 0.357. The van der Waals surface area contributed by atoms with Crippen molar-refractivity contribution in [3.05, 3.63) is 75.6 Å². The number of nitrogens with one attached hydrogen (secondary N) is 1. The number of carbonyl (C=O) groups is 2. The highest BCUT2D eigenvalue weighted by atomic mass is 35.5. The van der Waals surface area contributed by atoms with Crippen molar-refractivity contribution >= 4 is 23.4 Å². The quantitative estimate of drug-likeness (QED) is 0.418. The van der Waals surface area contributed by atoms with Crippen LogP contribution in [0.4, 0.5) is 0 Å². The lowest BCUT2D eigenvalue weighted by molar-refractivity contribution is -0.140. The standard InChI is InChI=1S/C28H28ClNO6/c1-16-24(27(32)34-10-9-33-17-7-5-4-6-8-17)25(18-11-22-23(12-19(18)29)36-15-35-22)26-20(30-16)13-28(2,3)14-21(26)31/h4-8,11-12,25,30H,9-10,13-15H2,1-3H3/t25-/m1/s1. The third-order valence-corrected chi connectivity index (χ3v) is 6.92. The number of rotatable bonds is 6. The van der Waals surface area contributed by atoms with E-state index in [1.807, 2.05) is 37.3 Å². The molecule has 3 aliphatic rings. The van der Waals surface area contributed by atoms with Gasteiger partial charge in [0.25, 0.3) is 0 Å². The number of allylic oxidation sites excluding steroid dienone is 3. The third kappa shape index (κ3) is 4.67. The Balaban J connectivity index is 1.47. The lowest BCUT2D eigenvalue weighted by Crippen LogP contribution is -2.39. The number of fused-ring (bicyclic) bond motifs is 1. The van der Waals surface area contributed by atoms with Crippen LogP contribution in [-0.2, 0) is 14.3 Å². The van der Waals surface area contributed by atoms with Gasteiger partial charge in [-0.25, -0.2) is 4.79 Å². The average molecular weight is 510 g/mol. The van der Waals surface area contributed by atoms with Gasteiger partial charge in [-0.2, -0.15) is 0 Å². The average Bonchev–Trinajstić information content (AvgIpc) is 3.27. The Hall–Kier alpha value is -3.45. The van der Waals surface area contributed by atoms with Crippen molar-refractivity contribution in [3.63, 3.8) is 0 Å². The van der Waals surface area contributed by atoms with E-state index >= 15 is 0 Å². The van der Waals surface area contributed by atoms with E-state index in [0.29, 0.717) is 57.5 Å². The molecule has 0 bridgehead atoms. The Labute approximate surface area is 215 Å². The van der Waals surface area contributed by atoms with E-state index in [9.17, 15) is 9.59 Å². The normalized spacial score (nSPS) is 20.1.